The lowest BCUT2D eigenvalue weighted by Crippen LogP contribution is -2.35. The predicted octanol–water partition coefficient (Wildman–Crippen LogP) is 9.02. The average Bonchev–Trinajstić information content (AvgIpc) is 2.95. The van der Waals surface area contributed by atoms with Crippen LogP contribution in [0.3, 0.4) is 0 Å². The molecule has 2 aromatic carbocycles. The van der Waals surface area contributed by atoms with Crippen LogP contribution in [0.15, 0.2) is 48.2 Å². The first-order valence-electron chi connectivity index (χ1n) is 14.4. The van der Waals surface area contributed by atoms with E-state index in [1.807, 2.05) is 12.1 Å². The lowest BCUT2D eigenvalue weighted by Gasteiger charge is -2.32. The van der Waals surface area contributed by atoms with Gasteiger partial charge in [-0.1, -0.05) is 72.6 Å². The Kier molecular flexibility index (Phi) is 12.8. The minimum Gasteiger partial charge on any atom is -0.546 e. The van der Waals surface area contributed by atoms with Gasteiger partial charge in [-0.3, -0.25) is 0 Å². The minimum absolute atomic E-state index is 0.234. The maximum Gasteiger partial charge on any atom is 0.336 e. The Morgan fingerprint density at radius 1 is 0.846 bits per heavy atom. The van der Waals surface area contributed by atoms with E-state index in [-0.39, 0.29) is 17.7 Å². The number of benzene rings is 2. The highest BCUT2D eigenvalue weighted by atomic mass is 28.4. The van der Waals surface area contributed by atoms with Crippen LogP contribution >= 0.6 is 0 Å². The molecule has 0 fully saturated rings. The first-order valence-corrected chi connectivity index (χ1v) is 16.9. The third-order valence-electron chi connectivity index (χ3n) is 8.03. The third-order valence-corrected chi connectivity index (χ3v) is 12.6. The molecular weight excluding hydrogens is 508 g/mol. The van der Waals surface area contributed by atoms with Crippen LogP contribution in [0.2, 0.25) is 18.1 Å². The van der Waals surface area contributed by atoms with Crippen molar-refractivity contribution in [3.8, 4) is 5.75 Å². The smallest absolute Gasteiger partial charge is 0.336 e. The van der Waals surface area contributed by atoms with Crippen LogP contribution < -0.4 is 4.74 Å². The van der Waals surface area contributed by atoms with Crippen molar-refractivity contribution in [3.63, 3.8) is 0 Å². The molecule has 214 valence electrons. The summed E-state index contributed by atoms with van der Waals surface area (Å²) in [6.07, 6.45) is 5.27. The van der Waals surface area contributed by atoms with Gasteiger partial charge in [0.05, 0.1) is 16.9 Å². The molecule has 0 saturated heterocycles. The molecule has 2 N–H and O–H groups in total. The Labute approximate surface area is 235 Å². The van der Waals surface area contributed by atoms with E-state index in [4.69, 9.17) is 9.16 Å². The van der Waals surface area contributed by atoms with Crippen molar-refractivity contribution in [3.05, 3.63) is 70.5 Å². The largest absolute Gasteiger partial charge is 0.546 e. The number of carbonyl (C=O) groups is 2. The molecule has 0 amide bonds. The van der Waals surface area contributed by atoms with Gasteiger partial charge >= 0.3 is 11.9 Å². The fraction of sp³-hybridized carbons (Fsp3) is 0.500. The van der Waals surface area contributed by atoms with Crippen LogP contribution in [0.1, 0.15) is 105 Å². The molecule has 0 aliphatic carbocycles. The second kappa shape index (κ2) is 15.5. The molecular formula is C32H46O6Si. The van der Waals surface area contributed by atoms with Crippen molar-refractivity contribution in [2.45, 2.75) is 98.4 Å². The Bertz CT molecular complexity index is 1120. The summed E-state index contributed by atoms with van der Waals surface area (Å²) in [4.78, 5) is 22.9. The normalized spacial score (nSPS) is 12.3. The number of carboxylic acid groups (broad SMARTS) is 2. The van der Waals surface area contributed by atoms with Crippen molar-refractivity contribution in [1.82, 2.24) is 0 Å². The van der Waals surface area contributed by atoms with Crippen LogP contribution in [0.5, 0.6) is 5.75 Å². The molecule has 7 heteroatoms. The molecule has 0 spiro atoms. The summed E-state index contributed by atoms with van der Waals surface area (Å²) in [5.41, 5.74) is 2.76. The molecule has 39 heavy (non-hydrogen) atoms. The van der Waals surface area contributed by atoms with Crippen molar-refractivity contribution in [2.75, 3.05) is 0 Å². The van der Waals surface area contributed by atoms with Crippen molar-refractivity contribution < 1.29 is 29.0 Å². The zero-order chi connectivity index (χ0) is 29.0. The minimum atomic E-state index is -1.86. The number of hydrogen-bond acceptors (Lipinski definition) is 4. The molecule has 6 nitrogen and oxygen atoms in total. The Hall–Kier alpha value is -3.06. The van der Waals surface area contributed by atoms with Gasteiger partial charge in [0.2, 0.25) is 8.32 Å². The fourth-order valence-electron chi connectivity index (χ4n) is 5.08. The topological polar surface area (TPSA) is 93.1 Å². The summed E-state index contributed by atoms with van der Waals surface area (Å²) < 4.78 is 12.9. The van der Waals surface area contributed by atoms with E-state index in [2.05, 4.69) is 53.7 Å². The molecule has 0 atom stereocenters. The first-order chi connectivity index (χ1) is 18.7. The summed E-state index contributed by atoms with van der Waals surface area (Å²) in [6.45, 7) is 13.7. The fourth-order valence-corrected chi connectivity index (χ4v) is 7.76. The summed E-state index contributed by atoms with van der Waals surface area (Å²) in [5, 5.41) is 18.7. The number of rotatable bonds is 17. The number of aromatic carboxylic acids is 2. The van der Waals surface area contributed by atoms with Crippen LogP contribution in [-0.2, 0) is 11.0 Å². The van der Waals surface area contributed by atoms with E-state index in [0.717, 1.165) is 54.3 Å². The first kappa shape index (κ1) is 32.2. The SMILES string of the molecule is CCC(=C(CCC(CC)CC)O[Si](CC)(CC)CC)c1cccc(COc2ccc(C(=O)O)c(C(=O)O)c2)c1. The molecule has 2 rings (SSSR count). The number of ether oxygens (including phenoxy) is 1. The monoisotopic (exact) mass is 554 g/mol. The van der Waals surface area contributed by atoms with E-state index in [9.17, 15) is 19.8 Å². The van der Waals surface area contributed by atoms with Crippen molar-refractivity contribution in [2.24, 2.45) is 5.92 Å². The number of allylic oxidation sites excluding steroid dienone is 2. The van der Waals surface area contributed by atoms with E-state index in [1.165, 1.54) is 36.6 Å². The highest BCUT2D eigenvalue weighted by Crippen LogP contribution is 2.34. The van der Waals surface area contributed by atoms with Gasteiger partial charge in [0.15, 0.2) is 0 Å². The molecule has 0 aromatic heterocycles. The van der Waals surface area contributed by atoms with Crippen molar-refractivity contribution >= 4 is 25.8 Å². The van der Waals surface area contributed by atoms with E-state index in [1.54, 1.807) is 0 Å². The third kappa shape index (κ3) is 8.72. The van der Waals surface area contributed by atoms with E-state index in [0.29, 0.717) is 11.7 Å². The summed E-state index contributed by atoms with van der Waals surface area (Å²) in [7, 11) is -1.86. The molecule has 0 radical (unpaired) electrons. The number of hydrogen-bond donors (Lipinski definition) is 2. The van der Waals surface area contributed by atoms with Gasteiger partial charge in [0, 0.05) is 6.42 Å². The quantitative estimate of drug-likeness (QED) is 0.150. The molecule has 0 heterocycles. The van der Waals surface area contributed by atoms with E-state index < -0.39 is 20.3 Å². The van der Waals surface area contributed by atoms with Gasteiger partial charge in [-0.15, -0.1) is 0 Å². The standard InChI is InChI=1S/C32H46O6Si/c1-7-23(8-2)16-19-30(38-39(10-4,11-5)12-6)27(9-3)25-15-13-14-24(20-25)22-37-26-17-18-28(31(33)34)29(21-26)32(35)36/h13-15,17-18,20-21,23H,7-12,16,19,22H2,1-6H3,(H,33,34)(H,35,36). The number of carboxylic acids is 2. The highest BCUT2D eigenvalue weighted by molar-refractivity contribution is 6.73. The molecule has 0 aliphatic heterocycles. The predicted molar refractivity (Wildman–Crippen MR) is 160 cm³/mol. The lowest BCUT2D eigenvalue weighted by molar-refractivity contribution is 0.0651. The zero-order valence-corrected chi connectivity index (χ0v) is 25.5. The molecule has 2 aromatic rings. The molecule has 0 bridgehead atoms. The maximum atomic E-state index is 11.5. The Morgan fingerprint density at radius 3 is 2.03 bits per heavy atom. The lowest BCUT2D eigenvalue weighted by atomic mass is 9.93. The Balaban J connectivity index is 2.40. The summed E-state index contributed by atoms with van der Waals surface area (Å²) >= 11 is 0. The highest BCUT2D eigenvalue weighted by Gasteiger charge is 2.32. The van der Waals surface area contributed by atoms with Crippen LogP contribution in [0.25, 0.3) is 5.57 Å². The summed E-state index contributed by atoms with van der Waals surface area (Å²) in [6, 6.07) is 15.6. The van der Waals surface area contributed by atoms with Gasteiger partial charge in [0.25, 0.3) is 0 Å². The Morgan fingerprint density at radius 2 is 1.49 bits per heavy atom. The van der Waals surface area contributed by atoms with Crippen LogP contribution in [0, 0.1) is 5.92 Å². The average molecular weight is 555 g/mol. The van der Waals surface area contributed by atoms with Gasteiger partial charge in [-0.25, -0.2) is 9.59 Å². The van der Waals surface area contributed by atoms with E-state index >= 15 is 0 Å². The van der Waals surface area contributed by atoms with Crippen LogP contribution in [0.4, 0.5) is 0 Å². The summed E-state index contributed by atoms with van der Waals surface area (Å²) in [5.74, 6) is -0.438. The van der Waals surface area contributed by atoms with Gasteiger partial charge in [-0.2, -0.15) is 0 Å². The second-order valence-electron chi connectivity index (χ2n) is 10.1. The van der Waals surface area contributed by atoms with Gasteiger partial charge in [0.1, 0.15) is 12.4 Å². The van der Waals surface area contributed by atoms with Crippen LogP contribution in [-0.4, -0.2) is 30.5 Å². The van der Waals surface area contributed by atoms with Gasteiger partial charge < -0.3 is 19.4 Å². The maximum absolute atomic E-state index is 11.5. The van der Waals surface area contributed by atoms with Gasteiger partial charge in [-0.05, 0) is 77.9 Å². The molecule has 0 saturated carbocycles. The zero-order valence-electron chi connectivity index (χ0n) is 24.5. The molecule has 0 aliphatic rings. The second-order valence-corrected chi connectivity index (χ2v) is 14.8. The molecule has 0 unspecified atom stereocenters. The van der Waals surface area contributed by atoms with Crippen molar-refractivity contribution in [1.29, 1.82) is 0 Å².